The first-order valence-electron chi connectivity index (χ1n) is 5.26. The molecule has 2 aromatic rings. The summed E-state index contributed by atoms with van der Waals surface area (Å²) >= 11 is 0. The molecule has 0 aromatic heterocycles. The van der Waals surface area contributed by atoms with E-state index in [2.05, 4.69) is 0 Å². The smallest absolute Gasteiger partial charge is 0.342 e. The second-order valence-corrected chi connectivity index (χ2v) is 3.80. The maximum absolute atomic E-state index is 13.1. The number of nitro groups is 1. The Labute approximate surface area is 107 Å². The number of rotatable bonds is 3. The molecule has 0 saturated carbocycles. The Hall–Kier alpha value is -2.76. The van der Waals surface area contributed by atoms with E-state index in [1.807, 2.05) is 0 Å². The summed E-state index contributed by atoms with van der Waals surface area (Å²) in [7, 11) is 0. The molecule has 0 amide bonds. The van der Waals surface area contributed by atoms with Crippen LogP contribution in [-0.4, -0.2) is 16.0 Å². The van der Waals surface area contributed by atoms with Crippen LogP contribution < -0.4 is 0 Å². The number of carboxylic acids is 1. The molecule has 0 unspecified atom stereocenters. The fraction of sp³-hybridized carbons (Fsp3) is 0. The average Bonchev–Trinajstić information content (AvgIpc) is 2.37. The van der Waals surface area contributed by atoms with Crippen LogP contribution in [0.5, 0.6) is 0 Å². The monoisotopic (exact) mass is 261 g/mol. The third-order valence-corrected chi connectivity index (χ3v) is 2.58. The van der Waals surface area contributed by atoms with Crippen molar-refractivity contribution in [3.05, 3.63) is 64.0 Å². The van der Waals surface area contributed by atoms with Gasteiger partial charge in [0.1, 0.15) is 11.4 Å². The third-order valence-electron chi connectivity index (χ3n) is 2.58. The van der Waals surface area contributed by atoms with Crippen LogP contribution >= 0.6 is 0 Å². The molecule has 0 atom stereocenters. The first-order chi connectivity index (χ1) is 8.99. The molecule has 19 heavy (non-hydrogen) atoms. The summed E-state index contributed by atoms with van der Waals surface area (Å²) in [6.45, 7) is 0. The van der Waals surface area contributed by atoms with Crippen molar-refractivity contribution >= 4 is 11.7 Å². The molecule has 0 spiro atoms. The second kappa shape index (κ2) is 4.85. The van der Waals surface area contributed by atoms with Gasteiger partial charge in [-0.25, -0.2) is 9.18 Å². The van der Waals surface area contributed by atoms with Gasteiger partial charge in [-0.1, -0.05) is 18.2 Å². The second-order valence-electron chi connectivity index (χ2n) is 3.80. The zero-order valence-corrected chi connectivity index (χ0v) is 9.54. The summed E-state index contributed by atoms with van der Waals surface area (Å²) in [5, 5.41) is 19.7. The molecule has 0 heterocycles. The van der Waals surface area contributed by atoms with Crippen molar-refractivity contribution in [3.8, 4) is 11.1 Å². The lowest BCUT2D eigenvalue weighted by molar-refractivity contribution is -0.385. The molecule has 5 nitrogen and oxygen atoms in total. The van der Waals surface area contributed by atoms with E-state index >= 15 is 0 Å². The summed E-state index contributed by atoms with van der Waals surface area (Å²) in [4.78, 5) is 20.9. The highest BCUT2D eigenvalue weighted by Gasteiger charge is 2.20. The lowest BCUT2D eigenvalue weighted by Crippen LogP contribution is -2.02. The Kier molecular flexibility index (Phi) is 3.24. The number of halogens is 1. The van der Waals surface area contributed by atoms with Crippen LogP contribution in [0.25, 0.3) is 11.1 Å². The maximum Gasteiger partial charge on any atom is 0.342 e. The molecule has 0 aliphatic heterocycles. The van der Waals surface area contributed by atoms with E-state index in [0.29, 0.717) is 11.1 Å². The summed E-state index contributed by atoms with van der Waals surface area (Å²) in [5.74, 6) is -1.85. The van der Waals surface area contributed by atoms with E-state index in [4.69, 9.17) is 5.11 Å². The van der Waals surface area contributed by atoms with Gasteiger partial charge in [-0.2, -0.15) is 0 Å². The van der Waals surface area contributed by atoms with Gasteiger partial charge in [-0.05, 0) is 29.3 Å². The van der Waals surface area contributed by atoms with E-state index in [1.54, 1.807) is 6.07 Å². The number of benzene rings is 2. The summed E-state index contributed by atoms with van der Waals surface area (Å²) in [6.07, 6.45) is 0. The molecule has 0 radical (unpaired) electrons. The molecule has 0 saturated heterocycles. The Morgan fingerprint density at radius 1 is 1.16 bits per heavy atom. The molecule has 0 aliphatic rings. The van der Waals surface area contributed by atoms with Gasteiger partial charge in [0.2, 0.25) is 0 Å². The summed E-state index contributed by atoms with van der Waals surface area (Å²) in [5.41, 5.74) is -0.0874. The number of hydrogen-bond donors (Lipinski definition) is 1. The highest BCUT2D eigenvalue weighted by Crippen LogP contribution is 2.27. The van der Waals surface area contributed by atoms with Gasteiger partial charge in [-0.15, -0.1) is 0 Å². The van der Waals surface area contributed by atoms with Crippen molar-refractivity contribution in [1.82, 2.24) is 0 Å². The Bertz CT molecular complexity index is 669. The van der Waals surface area contributed by atoms with Crippen molar-refractivity contribution in [2.75, 3.05) is 0 Å². The fourth-order valence-corrected chi connectivity index (χ4v) is 1.71. The van der Waals surface area contributed by atoms with Crippen molar-refractivity contribution < 1.29 is 19.2 Å². The molecule has 0 fully saturated rings. The van der Waals surface area contributed by atoms with Crippen molar-refractivity contribution in [3.63, 3.8) is 0 Å². The molecule has 2 aromatic carbocycles. The van der Waals surface area contributed by atoms with Crippen LogP contribution in [0.15, 0.2) is 42.5 Å². The van der Waals surface area contributed by atoms with E-state index in [0.717, 1.165) is 12.1 Å². The lowest BCUT2D eigenvalue weighted by Gasteiger charge is -2.04. The van der Waals surface area contributed by atoms with Gasteiger partial charge >= 0.3 is 5.97 Å². The van der Waals surface area contributed by atoms with Crippen LogP contribution in [0.4, 0.5) is 10.1 Å². The van der Waals surface area contributed by atoms with Gasteiger partial charge in [-0.3, -0.25) is 10.1 Å². The van der Waals surface area contributed by atoms with E-state index in [1.165, 1.54) is 24.3 Å². The van der Waals surface area contributed by atoms with Crippen molar-refractivity contribution in [2.45, 2.75) is 0 Å². The quantitative estimate of drug-likeness (QED) is 0.680. The molecule has 0 aliphatic carbocycles. The van der Waals surface area contributed by atoms with Crippen LogP contribution in [0.1, 0.15) is 10.4 Å². The summed E-state index contributed by atoms with van der Waals surface area (Å²) in [6, 6.07) is 9.21. The van der Waals surface area contributed by atoms with Crippen LogP contribution in [-0.2, 0) is 0 Å². The number of nitro benzene ring substituents is 1. The van der Waals surface area contributed by atoms with Crippen molar-refractivity contribution in [1.29, 1.82) is 0 Å². The van der Waals surface area contributed by atoms with Crippen LogP contribution in [0, 0.1) is 15.9 Å². The highest BCUT2D eigenvalue weighted by atomic mass is 19.1. The number of hydrogen-bond acceptors (Lipinski definition) is 3. The molecule has 6 heteroatoms. The topological polar surface area (TPSA) is 80.4 Å². The first-order valence-corrected chi connectivity index (χ1v) is 5.26. The normalized spacial score (nSPS) is 10.2. The Morgan fingerprint density at radius 2 is 1.84 bits per heavy atom. The Morgan fingerprint density at radius 3 is 2.42 bits per heavy atom. The first kappa shape index (κ1) is 12.7. The molecule has 2 rings (SSSR count). The zero-order valence-electron chi connectivity index (χ0n) is 9.54. The molecule has 0 bridgehead atoms. The number of carboxylic acid groups (broad SMARTS) is 1. The Balaban J connectivity index is 2.58. The predicted molar refractivity (Wildman–Crippen MR) is 65.4 cm³/mol. The van der Waals surface area contributed by atoms with E-state index in [-0.39, 0.29) is 0 Å². The van der Waals surface area contributed by atoms with Gasteiger partial charge in [0.05, 0.1) is 4.92 Å². The number of aromatic carboxylic acids is 1. The van der Waals surface area contributed by atoms with E-state index < -0.39 is 28.0 Å². The molecule has 96 valence electrons. The molecular weight excluding hydrogens is 253 g/mol. The minimum Gasteiger partial charge on any atom is -0.477 e. The highest BCUT2D eigenvalue weighted by molar-refractivity contribution is 5.93. The van der Waals surface area contributed by atoms with Gasteiger partial charge in [0.15, 0.2) is 0 Å². The number of carbonyl (C=O) groups is 1. The minimum absolute atomic E-state index is 0.385. The fourth-order valence-electron chi connectivity index (χ4n) is 1.71. The standard InChI is InChI=1S/C13H8FNO4/c14-10-3-1-2-8(6-10)9-4-5-11(13(16)17)12(7-9)15(18)19/h1-7H,(H,16,17). The SMILES string of the molecule is O=C(O)c1ccc(-c2cccc(F)c2)cc1[N+](=O)[O-]. The lowest BCUT2D eigenvalue weighted by atomic mass is 10.0. The number of nitrogens with zero attached hydrogens (tertiary/aromatic N) is 1. The van der Waals surface area contributed by atoms with E-state index in [9.17, 15) is 19.3 Å². The summed E-state index contributed by atoms with van der Waals surface area (Å²) < 4.78 is 13.1. The van der Waals surface area contributed by atoms with Gasteiger partial charge in [0.25, 0.3) is 5.69 Å². The maximum atomic E-state index is 13.1. The largest absolute Gasteiger partial charge is 0.477 e. The van der Waals surface area contributed by atoms with Gasteiger partial charge < -0.3 is 5.11 Å². The van der Waals surface area contributed by atoms with Gasteiger partial charge in [0, 0.05) is 6.07 Å². The third kappa shape index (κ3) is 2.57. The van der Waals surface area contributed by atoms with Crippen LogP contribution in [0.2, 0.25) is 0 Å². The predicted octanol–water partition coefficient (Wildman–Crippen LogP) is 3.10. The minimum atomic E-state index is -1.38. The molecular formula is C13H8FNO4. The molecule has 1 N–H and O–H groups in total. The van der Waals surface area contributed by atoms with Crippen molar-refractivity contribution in [2.24, 2.45) is 0 Å². The average molecular weight is 261 g/mol. The zero-order chi connectivity index (χ0) is 14.0. The van der Waals surface area contributed by atoms with Crippen LogP contribution in [0.3, 0.4) is 0 Å².